The maximum Gasteiger partial charge on any atom is 0.447 e. The van der Waals surface area contributed by atoms with Gasteiger partial charge in [-0.15, -0.1) is 5.10 Å². The zero-order chi connectivity index (χ0) is 35.5. The lowest BCUT2D eigenvalue weighted by Crippen LogP contribution is -2.52. The Morgan fingerprint density at radius 2 is 1.72 bits per heavy atom. The number of aliphatic hydroxyl groups is 1. The quantitative estimate of drug-likeness (QED) is 0.0924. The molecule has 0 aliphatic carbocycles. The molecule has 1 aliphatic rings. The average molecular weight is 706 g/mol. The van der Waals surface area contributed by atoms with Crippen molar-refractivity contribution in [2.45, 2.75) is 77.9 Å². The van der Waals surface area contributed by atoms with E-state index in [1.807, 2.05) is 68.1 Å². The normalized spacial score (nSPS) is 14.8. The molecule has 1 unspecified atom stereocenters. The number of nitrogens with one attached hydrogen (secondary N) is 1. The van der Waals surface area contributed by atoms with Gasteiger partial charge in [0.2, 0.25) is 12.3 Å². The maximum absolute atomic E-state index is 14.7. The highest BCUT2D eigenvalue weighted by Crippen LogP contribution is 2.22. The van der Waals surface area contributed by atoms with Gasteiger partial charge in [-0.05, 0) is 90.6 Å². The van der Waals surface area contributed by atoms with Crippen LogP contribution in [0.4, 0.5) is 15.3 Å². The van der Waals surface area contributed by atoms with Crippen molar-refractivity contribution in [1.29, 1.82) is 0 Å². The predicted octanol–water partition coefficient (Wildman–Crippen LogP) is 5.08. The zero-order valence-electron chi connectivity index (χ0n) is 28.9. The third-order valence-electron chi connectivity index (χ3n) is 8.22. The number of rotatable bonds is 16. The van der Waals surface area contributed by atoms with Gasteiger partial charge in [-0.1, -0.05) is 47.4 Å². The van der Waals surface area contributed by atoms with E-state index in [2.05, 4.69) is 30.6 Å². The van der Waals surface area contributed by atoms with Gasteiger partial charge >= 0.3 is 5.13 Å². The number of hydrogen-bond donors (Lipinski definition) is 2. The van der Waals surface area contributed by atoms with Crippen LogP contribution in [0.1, 0.15) is 61.0 Å². The Hall–Kier alpha value is -4.08. The van der Waals surface area contributed by atoms with E-state index in [0.717, 1.165) is 45.9 Å². The van der Waals surface area contributed by atoms with E-state index in [4.69, 9.17) is 4.74 Å². The molecule has 1 amide bonds. The summed E-state index contributed by atoms with van der Waals surface area (Å²) in [6.45, 7) is 8.95. The summed E-state index contributed by atoms with van der Waals surface area (Å²) < 4.78 is 21.2. The summed E-state index contributed by atoms with van der Waals surface area (Å²) in [5.74, 6) is 0.0120. The number of aryl methyl sites for hydroxylation is 2. The van der Waals surface area contributed by atoms with Crippen molar-refractivity contribution in [2.24, 2.45) is 0 Å². The molecule has 266 valence electrons. The second-order valence-electron chi connectivity index (χ2n) is 13.5. The predicted molar refractivity (Wildman–Crippen MR) is 189 cm³/mol. The van der Waals surface area contributed by atoms with E-state index in [9.17, 15) is 19.2 Å². The maximum atomic E-state index is 14.7. The summed E-state index contributed by atoms with van der Waals surface area (Å²) in [6, 6.07) is 18.2. The second-order valence-corrected chi connectivity index (χ2v) is 14.5. The minimum Gasteiger partial charge on any atom is -0.356 e. The third kappa shape index (κ3) is 11.8. The molecule has 1 fully saturated rings. The molecule has 12 nitrogen and oxygen atoms in total. The molecule has 2 aromatic carbocycles. The summed E-state index contributed by atoms with van der Waals surface area (Å²) in [5.41, 5.74) is 2.79. The van der Waals surface area contributed by atoms with Crippen LogP contribution in [0.3, 0.4) is 0 Å². The van der Waals surface area contributed by atoms with E-state index < -0.39 is 12.0 Å². The van der Waals surface area contributed by atoms with Crippen LogP contribution in [0.5, 0.6) is 0 Å². The summed E-state index contributed by atoms with van der Waals surface area (Å²) in [7, 11) is 0. The smallest absolute Gasteiger partial charge is 0.356 e. The van der Waals surface area contributed by atoms with Crippen LogP contribution in [0.25, 0.3) is 0 Å². The molecule has 2 N–H and O–H groups in total. The largest absolute Gasteiger partial charge is 0.447 e. The molecule has 4 aromatic rings. The molecule has 0 radical (unpaired) electrons. The molecule has 5 rings (SSSR count). The van der Waals surface area contributed by atoms with Gasteiger partial charge in [0.25, 0.3) is 0 Å². The molecule has 3 heterocycles. The number of amides is 1. The van der Waals surface area contributed by atoms with Crippen LogP contribution in [0, 0.1) is 10.7 Å². The topological polar surface area (TPSA) is 137 Å². The Morgan fingerprint density at radius 1 is 0.960 bits per heavy atom. The Morgan fingerprint density at radius 3 is 2.44 bits per heavy atom. The van der Waals surface area contributed by atoms with Crippen molar-refractivity contribution in [3.8, 4) is 0 Å². The van der Waals surface area contributed by atoms with Crippen molar-refractivity contribution < 1.29 is 23.8 Å². The molecule has 14 heteroatoms. The number of ether oxygens (including phenoxy) is 1. The van der Waals surface area contributed by atoms with Gasteiger partial charge in [0.05, 0.1) is 22.8 Å². The number of aromatic nitrogens is 4. The Labute approximate surface area is 296 Å². The summed E-state index contributed by atoms with van der Waals surface area (Å²) in [6.07, 6.45) is 2.91. The number of carbonyl (C=O) groups is 1. The van der Waals surface area contributed by atoms with E-state index in [-0.39, 0.29) is 24.7 Å². The van der Waals surface area contributed by atoms with Gasteiger partial charge in [0, 0.05) is 51.1 Å². The molecule has 50 heavy (non-hydrogen) atoms. The number of halogens is 1. The lowest BCUT2D eigenvalue weighted by Gasteiger charge is -2.38. The van der Waals surface area contributed by atoms with Crippen LogP contribution in [0.15, 0.2) is 60.7 Å². The van der Waals surface area contributed by atoms with Gasteiger partial charge in [0.1, 0.15) is 17.4 Å². The van der Waals surface area contributed by atoms with Crippen molar-refractivity contribution in [2.75, 3.05) is 38.0 Å². The van der Waals surface area contributed by atoms with Gasteiger partial charge in [-0.25, -0.2) is 4.39 Å². The Kier molecular flexibility index (Phi) is 13.2. The number of aliphatic hydroxyl groups excluding tert-OH is 1. The van der Waals surface area contributed by atoms with Crippen molar-refractivity contribution in [3.05, 3.63) is 98.8 Å². The van der Waals surface area contributed by atoms with Crippen LogP contribution in [-0.2, 0) is 41.8 Å². The summed E-state index contributed by atoms with van der Waals surface area (Å²) in [5, 5.41) is 30.9. The summed E-state index contributed by atoms with van der Waals surface area (Å²) >= 11 is 1.29. The first-order valence-electron chi connectivity index (χ1n) is 17.0. The lowest BCUT2D eigenvalue weighted by atomic mass is 10.1. The van der Waals surface area contributed by atoms with E-state index >= 15 is 0 Å². The van der Waals surface area contributed by atoms with Crippen molar-refractivity contribution in [1.82, 2.24) is 30.2 Å². The fourth-order valence-corrected chi connectivity index (χ4v) is 6.38. The number of benzene rings is 2. The first-order valence-corrected chi connectivity index (χ1v) is 17.9. The molecule has 2 aromatic heterocycles. The molecule has 0 spiro atoms. The standard InChI is InChI=1S/C36H45FN8O4S/c1-36(2,3)49-35(47)44-21-19-43(20-22-44)25-28-23-27(13-15-30(28)37)17-18-45(48)34-42-41-33(50-34)12-8-7-11-29-14-16-31(40-39-29)38-32(46)24-26-9-5-4-6-10-26/h4-6,9-10,13-16,23,35,47H,7-8,11-12,17-22,24-25H2,1-3H3/p+1. The number of unbranched alkanes of at least 4 members (excludes halogenated alkanes) is 1. The Bertz CT molecular complexity index is 1690. The zero-order valence-corrected chi connectivity index (χ0v) is 29.7. The SMILES string of the molecule is CC(C)(C)OC(O)N1CCN(Cc2cc(CC[N+](=O)c3nnc(CCCCc4ccc(NC(=O)Cc5ccccc5)nn4)s3)ccc2F)CC1. The number of carbonyl (C=O) groups excluding carboxylic acids is 1. The monoisotopic (exact) mass is 705 g/mol. The molecular weight excluding hydrogens is 660 g/mol. The molecule has 0 bridgehead atoms. The lowest BCUT2D eigenvalue weighted by molar-refractivity contribution is -0.462. The van der Waals surface area contributed by atoms with Gasteiger partial charge in [-0.2, -0.15) is 5.10 Å². The molecule has 0 saturated carbocycles. The van der Waals surface area contributed by atoms with E-state index in [1.54, 1.807) is 12.1 Å². The fourth-order valence-electron chi connectivity index (χ4n) is 5.56. The molecule has 1 saturated heterocycles. The number of piperazine rings is 1. The van der Waals surface area contributed by atoms with Crippen molar-refractivity contribution >= 4 is 28.2 Å². The summed E-state index contributed by atoms with van der Waals surface area (Å²) in [4.78, 5) is 29.1. The second kappa shape index (κ2) is 17.7. The Balaban J connectivity index is 1.00. The molecule has 1 aliphatic heterocycles. The van der Waals surface area contributed by atoms with Gasteiger partial charge in [-0.3, -0.25) is 14.6 Å². The number of nitroso groups, excluding NO2 is 1. The molecule has 1 atom stereocenters. The van der Waals surface area contributed by atoms with Crippen LogP contribution >= 0.6 is 11.3 Å². The van der Waals surface area contributed by atoms with Crippen molar-refractivity contribution in [3.63, 3.8) is 0 Å². The number of nitrogens with zero attached hydrogens (tertiary/aromatic N) is 7. The van der Waals surface area contributed by atoms with Gasteiger partial charge < -0.3 is 15.2 Å². The van der Waals surface area contributed by atoms with Gasteiger partial charge in [0.15, 0.2) is 5.82 Å². The minimum absolute atomic E-state index is 0.141. The van der Waals surface area contributed by atoms with E-state index in [0.29, 0.717) is 62.1 Å². The highest BCUT2D eigenvalue weighted by Gasteiger charge is 2.27. The number of hydrogen-bond acceptors (Lipinski definition) is 11. The van der Waals surface area contributed by atoms with Crippen LogP contribution in [0.2, 0.25) is 0 Å². The highest BCUT2D eigenvalue weighted by atomic mass is 32.1. The fraction of sp³-hybridized carbons (Fsp3) is 0.472. The third-order valence-corrected chi connectivity index (χ3v) is 9.21. The molecular formula is C36H46FN8O4S+. The van der Waals surface area contributed by atoms with E-state index in [1.165, 1.54) is 17.4 Å². The van der Waals surface area contributed by atoms with Crippen LogP contribution < -0.4 is 5.32 Å². The number of anilines is 1. The first kappa shape index (κ1) is 37.2. The minimum atomic E-state index is -0.963. The average Bonchev–Trinajstić information content (AvgIpc) is 3.57. The highest BCUT2D eigenvalue weighted by molar-refractivity contribution is 7.14. The van der Waals surface area contributed by atoms with Crippen LogP contribution in [-0.4, -0.2) is 90.7 Å². The first-order chi connectivity index (χ1) is 24.0.